The van der Waals surface area contributed by atoms with Gasteiger partial charge in [-0.3, -0.25) is 4.79 Å². The molecule has 1 aliphatic carbocycles. The first-order chi connectivity index (χ1) is 18.5. The van der Waals surface area contributed by atoms with Crippen molar-refractivity contribution in [3.63, 3.8) is 0 Å². The van der Waals surface area contributed by atoms with Crippen LogP contribution in [-0.4, -0.2) is 54.0 Å². The average Bonchev–Trinajstić information content (AvgIpc) is 3.30. The lowest BCUT2D eigenvalue weighted by Gasteiger charge is -2.50. The molecule has 0 saturated carbocycles. The van der Waals surface area contributed by atoms with Crippen molar-refractivity contribution >= 4 is 5.97 Å². The molecule has 1 spiro atoms. The number of aliphatic hydroxyl groups is 1. The van der Waals surface area contributed by atoms with Crippen LogP contribution in [0.1, 0.15) is 80.1 Å². The Bertz CT molecular complexity index is 1040. The SMILES string of the molecule is CC1=CC2C(=O)O[C@H]3CC(C/C=C(\C)C[C@@H](C)/C=C/C=C4\CO[C@@H](C42)[C@@H]1O)O[C@@]1(CC[C@H](C)[C@@H](C(C)C)O1)C3. The van der Waals surface area contributed by atoms with Gasteiger partial charge in [-0.15, -0.1) is 0 Å². The molecule has 0 amide bonds. The van der Waals surface area contributed by atoms with Gasteiger partial charge in [0, 0.05) is 25.2 Å². The molecule has 5 rings (SSSR count). The number of fused-ring (bicyclic) bond motifs is 2. The van der Waals surface area contributed by atoms with Crippen molar-refractivity contribution in [3.8, 4) is 0 Å². The average molecular weight is 541 g/mol. The number of esters is 1. The quantitative estimate of drug-likeness (QED) is 0.322. The van der Waals surface area contributed by atoms with Crippen LogP contribution >= 0.6 is 0 Å². The zero-order chi connectivity index (χ0) is 27.9. The van der Waals surface area contributed by atoms with Crippen molar-refractivity contribution in [1.29, 1.82) is 0 Å². The summed E-state index contributed by atoms with van der Waals surface area (Å²) < 4.78 is 25.9. The molecule has 0 aromatic heterocycles. The van der Waals surface area contributed by atoms with E-state index in [-0.39, 0.29) is 30.2 Å². The van der Waals surface area contributed by atoms with Crippen molar-refractivity contribution < 1.29 is 28.8 Å². The molecule has 0 aromatic rings. The van der Waals surface area contributed by atoms with Gasteiger partial charge in [0.15, 0.2) is 5.79 Å². The van der Waals surface area contributed by atoms with Crippen molar-refractivity contribution in [2.75, 3.05) is 6.61 Å². The third kappa shape index (κ3) is 6.14. The van der Waals surface area contributed by atoms with Gasteiger partial charge in [0.25, 0.3) is 0 Å². The van der Waals surface area contributed by atoms with Gasteiger partial charge in [0.1, 0.15) is 12.2 Å². The number of ether oxygens (including phenoxy) is 4. The number of allylic oxidation sites excluding steroid dienone is 4. The van der Waals surface area contributed by atoms with Crippen LogP contribution in [0.5, 0.6) is 0 Å². The topological polar surface area (TPSA) is 74.2 Å². The number of rotatable bonds is 1. The molecule has 6 heteroatoms. The summed E-state index contributed by atoms with van der Waals surface area (Å²) in [4.78, 5) is 13.9. The molecule has 1 N–H and O–H groups in total. The van der Waals surface area contributed by atoms with Crippen molar-refractivity contribution in [1.82, 2.24) is 0 Å². The van der Waals surface area contributed by atoms with Crippen LogP contribution in [0.4, 0.5) is 0 Å². The molecule has 6 nitrogen and oxygen atoms in total. The standard InChI is InChI=1S/C33H48O6/c1-19(2)30-22(5)12-13-33(39-30)17-26-16-25(38-33)11-10-21(4)14-20(3)8-7-9-24-18-36-31-28(24)27(32(35)37-26)15-23(6)29(31)34/h7-10,15,19-20,22,25-31,34H,11-14,16-18H2,1-6H3/b8-7+,21-10+,24-9+/t20-,22-,25?,26-,27?,28?,29+,30+,31-,33+/m0/s1. The van der Waals surface area contributed by atoms with E-state index in [2.05, 4.69) is 58.9 Å². The Morgan fingerprint density at radius 3 is 2.69 bits per heavy atom. The number of hydrogen-bond donors (Lipinski definition) is 1. The van der Waals surface area contributed by atoms with Crippen LogP contribution in [-0.2, 0) is 23.7 Å². The van der Waals surface area contributed by atoms with Crippen molar-refractivity contribution in [3.05, 3.63) is 47.1 Å². The van der Waals surface area contributed by atoms with E-state index in [1.807, 2.05) is 13.0 Å². The van der Waals surface area contributed by atoms with E-state index in [0.29, 0.717) is 37.2 Å². The molecule has 2 bridgehead atoms. The van der Waals surface area contributed by atoms with Crippen LogP contribution in [0.2, 0.25) is 0 Å². The summed E-state index contributed by atoms with van der Waals surface area (Å²) in [5.74, 6) is -0.449. The Morgan fingerprint density at radius 2 is 1.92 bits per heavy atom. The Balaban J connectivity index is 1.48. The van der Waals surface area contributed by atoms with E-state index < -0.39 is 23.9 Å². The lowest BCUT2D eigenvalue weighted by Crippen LogP contribution is -2.55. The lowest BCUT2D eigenvalue weighted by molar-refractivity contribution is -0.340. The number of carbonyl (C=O) groups is 1. The van der Waals surface area contributed by atoms with E-state index in [0.717, 1.165) is 36.8 Å². The first-order valence-electron chi connectivity index (χ1n) is 15.1. The molecule has 216 valence electrons. The maximum absolute atomic E-state index is 13.9. The van der Waals surface area contributed by atoms with Gasteiger partial charge in [-0.25, -0.2) is 0 Å². The van der Waals surface area contributed by atoms with E-state index in [1.54, 1.807) is 0 Å². The second-order valence-electron chi connectivity index (χ2n) is 13.3. The van der Waals surface area contributed by atoms with Crippen molar-refractivity contribution in [2.45, 2.75) is 116 Å². The largest absolute Gasteiger partial charge is 0.462 e. The molecule has 3 fully saturated rings. The number of carbonyl (C=O) groups excluding carboxylic acids is 1. The highest BCUT2D eigenvalue weighted by Crippen LogP contribution is 2.46. The van der Waals surface area contributed by atoms with E-state index in [9.17, 15) is 9.90 Å². The highest BCUT2D eigenvalue weighted by Gasteiger charge is 2.51. The van der Waals surface area contributed by atoms with Gasteiger partial charge in [-0.1, -0.05) is 63.6 Å². The summed E-state index contributed by atoms with van der Waals surface area (Å²) in [5, 5.41) is 10.9. The molecular weight excluding hydrogens is 492 g/mol. The molecule has 5 aliphatic rings. The van der Waals surface area contributed by atoms with Crippen LogP contribution in [0.25, 0.3) is 0 Å². The van der Waals surface area contributed by atoms with Gasteiger partial charge in [-0.05, 0) is 62.0 Å². The first kappa shape index (κ1) is 28.8. The minimum Gasteiger partial charge on any atom is -0.462 e. The van der Waals surface area contributed by atoms with Crippen molar-refractivity contribution in [2.24, 2.45) is 29.6 Å². The Morgan fingerprint density at radius 1 is 1.13 bits per heavy atom. The van der Waals surface area contributed by atoms with Crippen LogP contribution in [0, 0.1) is 29.6 Å². The first-order valence-corrected chi connectivity index (χ1v) is 15.1. The maximum atomic E-state index is 13.9. The van der Waals surface area contributed by atoms with Gasteiger partial charge < -0.3 is 24.1 Å². The molecule has 4 heterocycles. The second-order valence-corrected chi connectivity index (χ2v) is 13.3. The molecule has 39 heavy (non-hydrogen) atoms. The van der Waals surface area contributed by atoms with Gasteiger partial charge in [0.05, 0.1) is 30.8 Å². The Hall–Kier alpha value is -1.73. The molecule has 4 aliphatic heterocycles. The number of hydrogen-bond acceptors (Lipinski definition) is 6. The van der Waals surface area contributed by atoms with Crippen LogP contribution in [0.15, 0.2) is 47.1 Å². The Labute approximate surface area is 234 Å². The highest BCUT2D eigenvalue weighted by atomic mass is 16.7. The third-order valence-electron chi connectivity index (χ3n) is 9.50. The molecule has 3 saturated heterocycles. The summed E-state index contributed by atoms with van der Waals surface area (Å²) in [6, 6.07) is 0. The molecule has 10 atom stereocenters. The zero-order valence-corrected chi connectivity index (χ0v) is 24.6. The second kappa shape index (κ2) is 11.6. The third-order valence-corrected chi connectivity index (χ3v) is 9.50. The smallest absolute Gasteiger partial charge is 0.313 e. The predicted molar refractivity (Wildman–Crippen MR) is 151 cm³/mol. The minimum absolute atomic E-state index is 0.0741. The summed E-state index contributed by atoms with van der Waals surface area (Å²) in [6.07, 6.45) is 14.0. The maximum Gasteiger partial charge on any atom is 0.313 e. The van der Waals surface area contributed by atoms with E-state index in [4.69, 9.17) is 18.9 Å². The minimum atomic E-state index is -0.725. The fourth-order valence-corrected chi connectivity index (χ4v) is 7.47. The van der Waals surface area contributed by atoms with Crippen LogP contribution < -0.4 is 0 Å². The molecule has 0 radical (unpaired) electrons. The summed E-state index contributed by atoms with van der Waals surface area (Å²) in [6.45, 7) is 13.4. The van der Waals surface area contributed by atoms with E-state index in [1.165, 1.54) is 5.57 Å². The number of aliphatic hydroxyl groups excluding tert-OH is 1. The molecule has 0 aromatic carbocycles. The monoisotopic (exact) mass is 540 g/mol. The summed E-state index contributed by atoms with van der Waals surface area (Å²) in [5.41, 5.74) is 3.14. The molecular formula is C33H48O6. The summed E-state index contributed by atoms with van der Waals surface area (Å²) in [7, 11) is 0. The summed E-state index contributed by atoms with van der Waals surface area (Å²) >= 11 is 0. The zero-order valence-electron chi connectivity index (χ0n) is 24.6. The lowest BCUT2D eigenvalue weighted by atomic mass is 9.75. The normalized spacial score (nSPS) is 46.9. The highest BCUT2D eigenvalue weighted by molar-refractivity contribution is 5.76. The van der Waals surface area contributed by atoms with Gasteiger partial charge in [-0.2, -0.15) is 0 Å². The fourth-order valence-electron chi connectivity index (χ4n) is 7.47. The van der Waals surface area contributed by atoms with E-state index >= 15 is 0 Å². The predicted octanol–water partition coefficient (Wildman–Crippen LogP) is 6.06. The Kier molecular flexibility index (Phi) is 8.59. The van der Waals surface area contributed by atoms with Crippen LogP contribution in [0.3, 0.4) is 0 Å². The van der Waals surface area contributed by atoms with Gasteiger partial charge in [0.2, 0.25) is 0 Å². The molecule has 3 unspecified atom stereocenters. The van der Waals surface area contributed by atoms with Gasteiger partial charge >= 0.3 is 5.97 Å². The fraction of sp³-hybridized carbons (Fsp3) is 0.727.